The normalized spacial score (nSPS) is 11.4. The van der Waals surface area contributed by atoms with E-state index in [0.29, 0.717) is 5.56 Å². The molecule has 0 aliphatic rings. The summed E-state index contributed by atoms with van der Waals surface area (Å²) in [6.07, 6.45) is -0.995. The van der Waals surface area contributed by atoms with E-state index < -0.39 is 40.5 Å². The van der Waals surface area contributed by atoms with Gasteiger partial charge >= 0.3 is 11.9 Å². The zero-order chi connectivity index (χ0) is 21.0. The van der Waals surface area contributed by atoms with Crippen molar-refractivity contribution in [2.45, 2.75) is 20.0 Å². The number of ether oxygens (including phenoxy) is 2. The first-order valence-electron chi connectivity index (χ1n) is 7.84. The standard InChI is InChI=1S/C12H14O3.C6H10O5S/c1-3-15-12(14)9(2)11(13)10-7-5-4-6-8-10;1-5(2)6(7)11-3-4-12(8,9)10/h4-8,11,13H,2-3H2,1H3;1,3-4H2,2H3,(H,8,9,10)/p-1. The summed E-state index contributed by atoms with van der Waals surface area (Å²) < 4.78 is 39.1. The van der Waals surface area contributed by atoms with Crippen molar-refractivity contribution in [3.05, 3.63) is 60.2 Å². The maximum atomic E-state index is 11.3. The molecule has 9 heteroatoms. The number of carbonyl (C=O) groups is 2. The van der Waals surface area contributed by atoms with Gasteiger partial charge in [0, 0.05) is 5.57 Å². The second-order valence-corrected chi connectivity index (χ2v) is 6.76. The SMILES string of the molecule is C=C(C(=O)OCC)C(O)c1ccccc1.C=C(C)C(=O)OCCS(=O)(=O)[O-]. The lowest BCUT2D eigenvalue weighted by Gasteiger charge is -2.12. The predicted molar refractivity (Wildman–Crippen MR) is 97.5 cm³/mol. The Hall–Kier alpha value is -2.49. The molecule has 0 amide bonds. The van der Waals surface area contributed by atoms with Gasteiger partial charge in [0.05, 0.1) is 28.1 Å². The molecule has 1 aromatic carbocycles. The van der Waals surface area contributed by atoms with E-state index in [1.54, 1.807) is 31.2 Å². The Balaban J connectivity index is 0.000000516. The molecule has 150 valence electrons. The largest absolute Gasteiger partial charge is 0.748 e. The van der Waals surface area contributed by atoms with Crippen molar-refractivity contribution in [3.63, 3.8) is 0 Å². The van der Waals surface area contributed by atoms with E-state index >= 15 is 0 Å². The zero-order valence-corrected chi connectivity index (χ0v) is 16.0. The van der Waals surface area contributed by atoms with Gasteiger partial charge in [0.15, 0.2) is 0 Å². The molecule has 8 nitrogen and oxygen atoms in total. The van der Waals surface area contributed by atoms with Crippen molar-refractivity contribution in [1.29, 1.82) is 0 Å². The minimum atomic E-state index is -4.30. The van der Waals surface area contributed by atoms with Crippen LogP contribution in [0.1, 0.15) is 25.5 Å². The Labute approximate surface area is 158 Å². The summed E-state index contributed by atoms with van der Waals surface area (Å²) >= 11 is 0. The third kappa shape index (κ3) is 11.0. The van der Waals surface area contributed by atoms with Crippen LogP contribution >= 0.6 is 0 Å². The van der Waals surface area contributed by atoms with E-state index in [1.807, 2.05) is 6.07 Å². The van der Waals surface area contributed by atoms with Gasteiger partial charge in [-0.05, 0) is 19.4 Å². The second-order valence-electron chi connectivity index (χ2n) is 5.24. The molecule has 1 unspecified atom stereocenters. The third-order valence-corrected chi connectivity index (χ3v) is 3.56. The van der Waals surface area contributed by atoms with Crippen molar-refractivity contribution >= 4 is 22.1 Å². The summed E-state index contributed by atoms with van der Waals surface area (Å²) in [6.45, 7) is 9.78. The molecule has 1 atom stereocenters. The topological polar surface area (TPSA) is 130 Å². The quantitative estimate of drug-likeness (QED) is 0.395. The van der Waals surface area contributed by atoms with Gasteiger partial charge in [-0.15, -0.1) is 0 Å². The smallest absolute Gasteiger partial charge is 0.336 e. The number of hydrogen-bond acceptors (Lipinski definition) is 8. The molecule has 1 N–H and O–H groups in total. The van der Waals surface area contributed by atoms with Crippen molar-refractivity contribution in [3.8, 4) is 0 Å². The van der Waals surface area contributed by atoms with Crippen LogP contribution in [0.15, 0.2) is 54.6 Å². The van der Waals surface area contributed by atoms with Gasteiger partial charge in [-0.1, -0.05) is 43.5 Å². The Morgan fingerprint density at radius 3 is 2.15 bits per heavy atom. The summed E-state index contributed by atoms with van der Waals surface area (Å²) in [5.41, 5.74) is 0.858. The van der Waals surface area contributed by atoms with Crippen LogP contribution in [0.25, 0.3) is 0 Å². The molecule has 1 aromatic rings. The highest BCUT2D eigenvalue weighted by Gasteiger charge is 2.18. The third-order valence-electron chi connectivity index (χ3n) is 2.90. The maximum absolute atomic E-state index is 11.3. The number of aliphatic hydroxyl groups excluding tert-OH is 1. The second kappa shape index (κ2) is 12.0. The highest BCUT2D eigenvalue weighted by atomic mass is 32.2. The molecule has 0 heterocycles. The van der Waals surface area contributed by atoms with Crippen molar-refractivity contribution in [1.82, 2.24) is 0 Å². The van der Waals surface area contributed by atoms with Crippen LogP contribution in [0.4, 0.5) is 0 Å². The van der Waals surface area contributed by atoms with Crippen LogP contribution in [-0.2, 0) is 29.2 Å². The van der Waals surface area contributed by atoms with Gasteiger partial charge in [0.1, 0.15) is 12.7 Å². The minimum absolute atomic E-state index is 0.0584. The Morgan fingerprint density at radius 2 is 1.70 bits per heavy atom. The molecule has 1 rings (SSSR count). The van der Waals surface area contributed by atoms with Gasteiger partial charge in [-0.25, -0.2) is 18.0 Å². The van der Waals surface area contributed by atoms with Gasteiger partial charge in [-0.2, -0.15) is 0 Å². The first kappa shape index (κ1) is 24.5. The molecule has 0 fully saturated rings. The summed E-state index contributed by atoms with van der Waals surface area (Å²) in [7, 11) is -4.30. The Morgan fingerprint density at radius 1 is 1.15 bits per heavy atom. The zero-order valence-electron chi connectivity index (χ0n) is 15.2. The molecule has 0 aliphatic heterocycles. The van der Waals surface area contributed by atoms with Crippen LogP contribution in [0.5, 0.6) is 0 Å². The summed E-state index contributed by atoms with van der Waals surface area (Å²) in [5, 5.41) is 9.79. The highest BCUT2D eigenvalue weighted by Crippen LogP contribution is 2.20. The Kier molecular flexibility index (Phi) is 10.9. The lowest BCUT2D eigenvalue weighted by molar-refractivity contribution is -0.140. The molecule has 0 saturated heterocycles. The number of carbonyl (C=O) groups excluding carboxylic acids is 2. The number of hydrogen-bond donors (Lipinski definition) is 1. The van der Waals surface area contributed by atoms with Gasteiger partial charge in [-0.3, -0.25) is 0 Å². The molecule has 0 bridgehead atoms. The summed E-state index contributed by atoms with van der Waals surface area (Å²) in [4.78, 5) is 21.9. The molecule has 0 radical (unpaired) electrons. The molecular weight excluding hydrogens is 376 g/mol. The van der Waals surface area contributed by atoms with E-state index in [9.17, 15) is 27.7 Å². The monoisotopic (exact) mass is 399 g/mol. The Bertz CT molecular complexity index is 753. The molecule has 27 heavy (non-hydrogen) atoms. The number of aliphatic hydroxyl groups is 1. The van der Waals surface area contributed by atoms with Crippen LogP contribution < -0.4 is 0 Å². The molecule has 0 aromatic heterocycles. The lowest BCUT2D eigenvalue weighted by atomic mass is 10.0. The molecule has 0 aliphatic carbocycles. The number of benzene rings is 1. The number of esters is 2. The predicted octanol–water partition coefficient (Wildman–Crippen LogP) is 1.49. The number of rotatable bonds is 8. The maximum Gasteiger partial charge on any atom is 0.336 e. The van der Waals surface area contributed by atoms with Gasteiger partial charge in [0.2, 0.25) is 0 Å². The van der Waals surface area contributed by atoms with E-state index in [-0.39, 0.29) is 17.8 Å². The van der Waals surface area contributed by atoms with Crippen LogP contribution in [0.3, 0.4) is 0 Å². The van der Waals surface area contributed by atoms with Crippen molar-refractivity contribution < 1.29 is 37.1 Å². The molecule has 0 spiro atoms. The average molecular weight is 399 g/mol. The molecular formula is C18H23O8S-. The van der Waals surface area contributed by atoms with Gasteiger partial charge < -0.3 is 19.1 Å². The van der Waals surface area contributed by atoms with Gasteiger partial charge in [0.25, 0.3) is 0 Å². The van der Waals surface area contributed by atoms with E-state index in [2.05, 4.69) is 17.9 Å². The van der Waals surface area contributed by atoms with Crippen LogP contribution in [0, 0.1) is 0 Å². The molecule has 0 saturated carbocycles. The average Bonchev–Trinajstić information content (AvgIpc) is 2.60. The van der Waals surface area contributed by atoms with E-state index in [4.69, 9.17) is 4.74 Å². The fourth-order valence-electron chi connectivity index (χ4n) is 1.53. The van der Waals surface area contributed by atoms with Crippen molar-refractivity contribution in [2.24, 2.45) is 0 Å². The van der Waals surface area contributed by atoms with Crippen LogP contribution in [0.2, 0.25) is 0 Å². The van der Waals surface area contributed by atoms with Crippen molar-refractivity contribution in [2.75, 3.05) is 19.0 Å². The van der Waals surface area contributed by atoms with E-state index in [0.717, 1.165) is 0 Å². The lowest BCUT2D eigenvalue weighted by Crippen LogP contribution is -2.14. The highest BCUT2D eigenvalue weighted by molar-refractivity contribution is 7.85. The fraction of sp³-hybridized carbons (Fsp3) is 0.333. The fourth-order valence-corrected chi connectivity index (χ4v) is 1.82. The van der Waals surface area contributed by atoms with E-state index in [1.165, 1.54) is 6.92 Å². The summed E-state index contributed by atoms with van der Waals surface area (Å²) in [6, 6.07) is 8.88. The van der Waals surface area contributed by atoms with Crippen LogP contribution in [-0.4, -0.2) is 49.0 Å². The first-order valence-corrected chi connectivity index (χ1v) is 9.42. The minimum Gasteiger partial charge on any atom is -0.748 e. The first-order chi connectivity index (χ1) is 12.5. The summed E-state index contributed by atoms with van der Waals surface area (Å²) in [5.74, 6) is -1.96.